The lowest BCUT2D eigenvalue weighted by Gasteiger charge is -2.04. The minimum absolute atomic E-state index is 0.311. The summed E-state index contributed by atoms with van der Waals surface area (Å²) in [5.41, 5.74) is 0. The molecule has 0 bridgehead atoms. The number of carboxylic acid groups (broad SMARTS) is 1. The van der Waals surface area contributed by atoms with E-state index in [0.29, 0.717) is 6.42 Å². The smallest absolute Gasteiger partial charge is 0.303 e. The van der Waals surface area contributed by atoms with Crippen LogP contribution in [0.4, 0.5) is 0 Å². The van der Waals surface area contributed by atoms with E-state index in [0.717, 1.165) is 25.2 Å². The van der Waals surface area contributed by atoms with Crippen LogP contribution in [0.3, 0.4) is 0 Å². The van der Waals surface area contributed by atoms with Crippen molar-refractivity contribution in [2.24, 2.45) is 5.92 Å². The molecular weight excluding hydrogens is 260 g/mol. The number of carbonyl (C=O) groups is 1. The number of allylic oxidation sites excluding steroid dienone is 2. The molecule has 0 fully saturated rings. The molecule has 124 valence electrons. The minimum Gasteiger partial charge on any atom is -0.481 e. The van der Waals surface area contributed by atoms with E-state index in [1.807, 2.05) is 0 Å². The van der Waals surface area contributed by atoms with E-state index < -0.39 is 5.97 Å². The van der Waals surface area contributed by atoms with Crippen LogP contribution in [0.25, 0.3) is 0 Å². The second kappa shape index (κ2) is 15.6. The highest BCUT2D eigenvalue weighted by Gasteiger charge is 1.95. The van der Waals surface area contributed by atoms with Gasteiger partial charge in [-0.15, -0.1) is 0 Å². The van der Waals surface area contributed by atoms with Gasteiger partial charge >= 0.3 is 5.97 Å². The van der Waals surface area contributed by atoms with Crippen LogP contribution in [0.5, 0.6) is 0 Å². The van der Waals surface area contributed by atoms with Gasteiger partial charge < -0.3 is 5.11 Å². The van der Waals surface area contributed by atoms with E-state index >= 15 is 0 Å². The molecule has 0 aliphatic carbocycles. The van der Waals surface area contributed by atoms with E-state index in [4.69, 9.17) is 5.11 Å². The van der Waals surface area contributed by atoms with Gasteiger partial charge in [-0.2, -0.15) is 0 Å². The Morgan fingerprint density at radius 1 is 0.810 bits per heavy atom. The van der Waals surface area contributed by atoms with E-state index in [-0.39, 0.29) is 0 Å². The predicted octanol–water partition coefficient (Wildman–Crippen LogP) is 6.35. The summed E-state index contributed by atoms with van der Waals surface area (Å²) in [6.45, 7) is 4.61. The van der Waals surface area contributed by atoms with Gasteiger partial charge in [0, 0.05) is 6.42 Å². The maximum absolute atomic E-state index is 10.3. The number of hydrogen-bond acceptors (Lipinski definition) is 1. The second-order valence-corrected chi connectivity index (χ2v) is 6.56. The molecule has 0 unspecified atom stereocenters. The molecule has 0 aromatic heterocycles. The van der Waals surface area contributed by atoms with Crippen molar-refractivity contribution in [3.05, 3.63) is 12.2 Å². The maximum atomic E-state index is 10.3. The summed E-state index contributed by atoms with van der Waals surface area (Å²) in [6.07, 6.45) is 19.9. The molecule has 0 spiro atoms. The van der Waals surface area contributed by atoms with Crippen molar-refractivity contribution in [3.63, 3.8) is 0 Å². The second-order valence-electron chi connectivity index (χ2n) is 6.56. The van der Waals surface area contributed by atoms with Crippen LogP contribution in [0.15, 0.2) is 12.2 Å². The van der Waals surface area contributed by atoms with E-state index in [1.165, 1.54) is 57.8 Å². The molecule has 0 amide bonds. The van der Waals surface area contributed by atoms with Crippen molar-refractivity contribution in [3.8, 4) is 0 Å². The van der Waals surface area contributed by atoms with Gasteiger partial charge in [-0.25, -0.2) is 0 Å². The zero-order valence-corrected chi connectivity index (χ0v) is 14.3. The SMILES string of the molecule is CC(C)CCCCCCCCC/C=C\CCCCC(=O)O. The van der Waals surface area contributed by atoms with E-state index in [1.54, 1.807) is 0 Å². The standard InChI is InChI=1S/C19H36O2/c1-18(2)16-14-12-10-8-6-4-3-5-7-9-11-13-15-17-19(20)21/h7,9,18H,3-6,8,10-17H2,1-2H3,(H,20,21)/b9-7-. The van der Waals surface area contributed by atoms with Crippen LogP contribution in [-0.2, 0) is 4.79 Å². The van der Waals surface area contributed by atoms with Crippen molar-refractivity contribution in [2.45, 2.75) is 97.3 Å². The van der Waals surface area contributed by atoms with Crippen LogP contribution in [0, 0.1) is 5.92 Å². The fourth-order valence-electron chi connectivity index (χ4n) is 2.47. The Hall–Kier alpha value is -0.790. The number of carboxylic acids is 1. The largest absolute Gasteiger partial charge is 0.481 e. The molecule has 0 aliphatic heterocycles. The molecule has 0 radical (unpaired) electrons. The Balaban J connectivity index is 3.09. The van der Waals surface area contributed by atoms with Crippen LogP contribution in [0.2, 0.25) is 0 Å². The molecular formula is C19H36O2. The first-order valence-electron chi connectivity index (χ1n) is 8.99. The van der Waals surface area contributed by atoms with Gasteiger partial charge in [0.1, 0.15) is 0 Å². The minimum atomic E-state index is -0.678. The van der Waals surface area contributed by atoms with Gasteiger partial charge in [-0.05, 0) is 38.0 Å². The highest BCUT2D eigenvalue weighted by molar-refractivity contribution is 5.66. The first kappa shape index (κ1) is 20.2. The summed E-state index contributed by atoms with van der Waals surface area (Å²) < 4.78 is 0. The van der Waals surface area contributed by atoms with Crippen molar-refractivity contribution in [1.29, 1.82) is 0 Å². The molecule has 0 heterocycles. The lowest BCUT2D eigenvalue weighted by molar-refractivity contribution is -0.137. The summed E-state index contributed by atoms with van der Waals surface area (Å²) in [4.78, 5) is 10.3. The first-order valence-corrected chi connectivity index (χ1v) is 8.99. The normalized spacial score (nSPS) is 11.6. The van der Waals surface area contributed by atoms with Gasteiger partial charge in [-0.1, -0.05) is 70.9 Å². The topological polar surface area (TPSA) is 37.3 Å². The molecule has 2 nitrogen and oxygen atoms in total. The van der Waals surface area contributed by atoms with E-state index in [2.05, 4.69) is 26.0 Å². The van der Waals surface area contributed by atoms with Gasteiger partial charge in [-0.3, -0.25) is 4.79 Å². The zero-order valence-electron chi connectivity index (χ0n) is 14.3. The Kier molecular flexibility index (Phi) is 15.0. The lowest BCUT2D eigenvalue weighted by Crippen LogP contribution is -1.92. The number of hydrogen-bond donors (Lipinski definition) is 1. The Bertz CT molecular complexity index is 256. The number of unbranched alkanes of at least 4 members (excludes halogenated alkanes) is 9. The molecule has 0 rings (SSSR count). The van der Waals surface area contributed by atoms with Gasteiger partial charge in [0.05, 0.1) is 0 Å². The molecule has 0 atom stereocenters. The number of rotatable bonds is 15. The third-order valence-corrected chi connectivity index (χ3v) is 3.83. The van der Waals surface area contributed by atoms with Gasteiger partial charge in [0.25, 0.3) is 0 Å². The zero-order chi connectivity index (χ0) is 15.8. The maximum Gasteiger partial charge on any atom is 0.303 e. The van der Waals surface area contributed by atoms with Crippen LogP contribution < -0.4 is 0 Å². The van der Waals surface area contributed by atoms with Crippen molar-refractivity contribution in [2.75, 3.05) is 0 Å². The van der Waals surface area contributed by atoms with Crippen molar-refractivity contribution < 1.29 is 9.90 Å². The lowest BCUT2D eigenvalue weighted by atomic mass is 10.0. The van der Waals surface area contributed by atoms with E-state index in [9.17, 15) is 4.79 Å². The molecule has 0 aliphatic rings. The van der Waals surface area contributed by atoms with Gasteiger partial charge in [0.2, 0.25) is 0 Å². The first-order chi connectivity index (χ1) is 10.1. The summed E-state index contributed by atoms with van der Waals surface area (Å²) in [5.74, 6) is 0.184. The summed E-state index contributed by atoms with van der Waals surface area (Å²) >= 11 is 0. The fraction of sp³-hybridized carbons (Fsp3) is 0.842. The van der Waals surface area contributed by atoms with Crippen molar-refractivity contribution in [1.82, 2.24) is 0 Å². The Morgan fingerprint density at radius 2 is 1.29 bits per heavy atom. The molecule has 21 heavy (non-hydrogen) atoms. The van der Waals surface area contributed by atoms with Crippen LogP contribution in [0.1, 0.15) is 97.3 Å². The summed E-state index contributed by atoms with van der Waals surface area (Å²) in [6, 6.07) is 0. The predicted molar refractivity (Wildman–Crippen MR) is 91.6 cm³/mol. The highest BCUT2D eigenvalue weighted by atomic mass is 16.4. The third-order valence-electron chi connectivity index (χ3n) is 3.83. The Labute approximate surface area is 132 Å². The molecule has 1 N–H and O–H groups in total. The molecule has 0 aromatic carbocycles. The van der Waals surface area contributed by atoms with Gasteiger partial charge in [0.15, 0.2) is 0 Å². The summed E-state index contributed by atoms with van der Waals surface area (Å²) in [7, 11) is 0. The van der Waals surface area contributed by atoms with Crippen LogP contribution in [-0.4, -0.2) is 11.1 Å². The average Bonchev–Trinajstić information content (AvgIpc) is 2.42. The average molecular weight is 296 g/mol. The monoisotopic (exact) mass is 296 g/mol. The molecule has 0 aromatic rings. The quantitative estimate of drug-likeness (QED) is 0.282. The molecule has 0 saturated carbocycles. The number of aliphatic carboxylic acids is 1. The Morgan fingerprint density at radius 3 is 1.81 bits per heavy atom. The fourth-order valence-corrected chi connectivity index (χ4v) is 2.47. The third kappa shape index (κ3) is 19.2. The molecule has 2 heteroatoms. The van der Waals surface area contributed by atoms with Crippen LogP contribution >= 0.6 is 0 Å². The summed E-state index contributed by atoms with van der Waals surface area (Å²) in [5, 5.41) is 8.51. The highest BCUT2D eigenvalue weighted by Crippen LogP contribution is 2.12. The van der Waals surface area contributed by atoms with Crippen molar-refractivity contribution >= 4 is 5.97 Å². The molecule has 0 saturated heterocycles.